The van der Waals surface area contributed by atoms with Crippen molar-refractivity contribution in [2.75, 3.05) is 11.9 Å². The van der Waals surface area contributed by atoms with Crippen LogP contribution in [-0.2, 0) is 0 Å². The van der Waals surface area contributed by atoms with Crippen LogP contribution in [-0.4, -0.2) is 7.05 Å². The Bertz CT molecular complexity index is 272. The zero-order chi connectivity index (χ0) is 7.84. The van der Waals surface area contributed by atoms with Gasteiger partial charge < -0.3 is 9.64 Å². The predicted molar refractivity (Wildman–Crippen MR) is 44.4 cm³/mol. The summed E-state index contributed by atoms with van der Waals surface area (Å²) in [6.45, 7) is 1.96. The van der Waals surface area contributed by atoms with Crippen LogP contribution in [0.2, 0.25) is 0 Å². The predicted octanol–water partition coefficient (Wildman–Crippen LogP) is 2.02. The minimum Gasteiger partial charge on any atom is -0.460 e. The van der Waals surface area contributed by atoms with Gasteiger partial charge in [-0.25, -0.2) is 0 Å². The van der Waals surface area contributed by atoms with Crippen LogP contribution in [0, 0.1) is 6.23 Å². The molecule has 0 unspecified atom stereocenters. The van der Waals surface area contributed by atoms with Crippen molar-refractivity contribution in [1.82, 2.24) is 0 Å². The molecule has 0 aromatic heterocycles. The highest BCUT2D eigenvalue weighted by molar-refractivity contribution is 5.63. The van der Waals surface area contributed by atoms with E-state index in [1.165, 1.54) is 0 Å². The van der Waals surface area contributed by atoms with Crippen LogP contribution in [0.25, 0.3) is 0 Å². The van der Waals surface area contributed by atoms with Gasteiger partial charge in [-0.3, -0.25) is 0 Å². The minimum atomic E-state index is 0.936. The van der Waals surface area contributed by atoms with Crippen molar-refractivity contribution in [3.8, 4) is 5.75 Å². The lowest BCUT2D eigenvalue weighted by Crippen LogP contribution is -2.18. The highest BCUT2D eigenvalue weighted by atomic mass is 16.5. The zero-order valence-electron chi connectivity index (χ0n) is 6.66. The van der Waals surface area contributed by atoms with Gasteiger partial charge in [0.1, 0.15) is 5.75 Å². The molecule has 1 aromatic rings. The fraction of sp³-hybridized carbons (Fsp3) is 0.222. The molecule has 11 heavy (non-hydrogen) atoms. The Morgan fingerprint density at radius 1 is 1.27 bits per heavy atom. The highest BCUT2D eigenvalue weighted by Crippen LogP contribution is 2.37. The third kappa shape index (κ3) is 0.862. The molecule has 1 heterocycles. The molecule has 0 bridgehead atoms. The Labute approximate surface area is 66.4 Å². The summed E-state index contributed by atoms with van der Waals surface area (Å²) in [5, 5.41) is 0. The molecule has 2 rings (SSSR count). The first kappa shape index (κ1) is 6.53. The Morgan fingerprint density at radius 3 is 2.73 bits per heavy atom. The van der Waals surface area contributed by atoms with Gasteiger partial charge in [-0.15, -0.1) is 0 Å². The molecule has 0 amide bonds. The van der Waals surface area contributed by atoms with Crippen molar-refractivity contribution in [2.45, 2.75) is 6.92 Å². The van der Waals surface area contributed by atoms with E-state index in [0.29, 0.717) is 0 Å². The molecule has 0 saturated heterocycles. The number of benzene rings is 1. The van der Waals surface area contributed by atoms with Gasteiger partial charge in [0, 0.05) is 14.0 Å². The molecule has 2 nitrogen and oxygen atoms in total. The zero-order valence-corrected chi connectivity index (χ0v) is 6.66. The minimum absolute atomic E-state index is 0.936. The van der Waals surface area contributed by atoms with Crippen LogP contribution in [0.1, 0.15) is 6.92 Å². The van der Waals surface area contributed by atoms with Crippen LogP contribution in [0.5, 0.6) is 5.75 Å². The van der Waals surface area contributed by atoms with E-state index in [1.807, 2.05) is 43.1 Å². The molecule has 1 aliphatic rings. The Kier molecular flexibility index (Phi) is 1.28. The number of rotatable bonds is 0. The topological polar surface area (TPSA) is 12.5 Å². The van der Waals surface area contributed by atoms with Crippen molar-refractivity contribution in [1.29, 1.82) is 0 Å². The first-order chi connectivity index (χ1) is 5.29. The Hall–Kier alpha value is -1.18. The fourth-order valence-electron chi connectivity index (χ4n) is 1.22. The molecule has 1 aromatic carbocycles. The summed E-state index contributed by atoms with van der Waals surface area (Å²) >= 11 is 0. The largest absolute Gasteiger partial charge is 0.460 e. The number of ether oxygens (including phenoxy) is 1. The molecule has 0 aliphatic carbocycles. The number of fused-ring (bicyclic) bond motifs is 1. The van der Waals surface area contributed by atoms with E-state index in [0.717, 1.165) is 17.7 Å². The third-order valence-corrected chi connectivity index (χ3v) is 1.96. The smallest absolute Gasteiger partial charge is 0.239 e. The third-order valence-electron chi connectivity index (χ3n) is 1.96. The van der Waals surface area contributed by atoms with Gasteiger partial charge in [0.05, 0.1) is 5.69 Å². The lowest BCUT2D eigenvalue weighted by Gasteiger charge is -2.12. The maximum Gasteiger partial charge on any atom is 0.239 e. The average Bonchev–Trinajstić information content (AvgIpc) is 2.30. The van der Waals surface area contributed by atoms with E-state index < -0.39 is 0 Å². The van der Waals surface area contributed by atoms with E-state index in [9.17, 15) is 0 Å². The number of anilines is 1. The van der Waals surface area contributed by atoms with Gasteiger partial charge in [0.2, 0.25) is 6.23 Å². The second-order valence-electron chi connectivity index (χ2n) is 2.65. The normalized spacial score (nSPS) is 16.4. The van der Waals surface area contributed by atoms with E-state index in [4.69, 9.17) is 4.74 Å². The molecule has 0 N–H and O–H groups in total. The van der Waals surface area contributed by atoms with Gasteiger partial charge in [-0.05, 0) is 12.1 Å². The number of nitrogens with zero attached hydrogens (tertiary/aromatic N) is 1. The average molecular weight is 148 g/mol. The maximum atomic E-state index is 5.46. The Morgan fingerprint density at radius 2 is 2.00 bits per heavy atom. The van der Waals surface area contributed by atoms with Crippen LogP contribution in [0.15, 0.2) is 24.3 Å². The molecule has 0 fully saturated rings. The summed E-state index contributed by atoms with van der Waals surface area (Å²) in [5.74, 6) is 0.951. The first-order valence-electron chi connectivity index (χ1n) is 3.63. The summed E-state index contributed by atoms with van der Waals surface area (Å²) in [6.07, 6.45) is 0.936. The lowest BCUT2D eigenvalue weighted by atomic mass is 10.3. The number of hydrogen-bond acceptors (Lipinski definition) is 2. The van der Waals surface area contributed by atoms with Crippen LogP contribution in [0.4, 0.5) is 5.69 Å². The molecule has 0 saturated carbocycles. The number of hydrogen-bond donors (Lipinski definition) is 0. The molecule has 57 valence electrons. The van der Waals surface area contributed by atoms with Crippen molar-refractivity contribution >= 4 is 5.69 Å². The van der Waals surface area contributed by atoms with E-state index >= 15 is 0 Å². The van der Waals surface area contributed by atoms with Crippen LogP contribution in [0.3, 0.4) is 0 Å². The summed E-state index contributed by atoms with van der Waals surface area (Å²) in [4.78, 5) is 2.04. The fourth-order valence-corrected chi connectivity index (χ4v) is 1.22. The van der Waals surface area contributed by atoms with E-state index in [-0.39, 0.29) is 0 Å². The quantitative estimate of drug-likeness (QED) is 0.558. The molecule has 0 spiro atoms. The first-order valence-corrected chi connectivity index (χ1v) is 3.63. The van der Waals surface area contributed by atoms with Crippen LogP contribution < -0.4 is 9.64 Å². The second-order valence-corrected chi connectivity index (χ2v) is 2.65. The SMILES string of the molecule is C[C]1Oc2ccccc2N1C. The van der Waals surface area contributed by atoms with Gasteiger partial charge in [-0.2, -0.15) is 0 Å². The summed E-state index contributed by atoms with van der Waals surface area (Å²) in [5.41, 5.74) is 1.14. The standard InChI is InChI=1S/C9H10NO/c1-7-10(2)8-5-3-4-6-9(8)11-7/h3-6H,1-2H3. The van der Waals surface area contributed by atoms with Crippen molar-refractivity contribution in [2.24, 2.45) is 0 Å². The highest BCUT2D eigenvalue weighted by Gasteiger charge is 2.24. The Balaban J connectivity index is 2.47. The van der Waals surface area contributed by atoms with Crippen molar-refractivity contribution in [3.05, 3.63) is 30.5 Å². The molecule has 1 radical (unpaired) electrons. The lowest BCUT2D eigenvalue weighted by molar-refractivity contribution is 0.358. The van der Waals surface area contributed by atoms with Gasteiger partial charge in [0.25, 0.3) is 0 Å². The monoisotopic (exact) mass is 148 g/mol. The van der Waals surface area contributed by atoms with Crippen LogP contribution >= 0.6 is 0 Å². The summed E-state index contributed by atoms with van der Waals surface area (Å²) in [6, 6.07) is 8.01. The van der Waals surface area contributed by atoms with Crippen molar-refractivity contribution in [3.63, 3.8) is 0 Å². The van der Waals surface area contributed by atoms with E-state index in [1.54, 1.807) is 0 Å². The molecule has 1 aliphatic heterocycles. The second kappa shape index (κ2) is 2.16. The molecule has 2 heteroatoms. The van der Waals surface area contributed by atoms with Gasteiger partial charge in [-0.1, -0.05) is 12.1 Å². The van der Waals surface area contributed by atoms with E-state index in [2.05, 4.69) is 0 Å². The molecular formula is C9H10NO. The molecule has 0 atom stereocenters. The molecular weight excluding hydrogens is 138 g/mol. The summed E-state index contributed by atoms with van der Waals surface area (Å²) < 4.78 is 5.46. The maximum absolute atomic E-state index is 5.46. The van der Waals surface area contributed by atoms with Crippen molar-refractivity contribution < 1.29 is 4.74 Å². The number of para-hydroxylation sites is 2. The van der Waals surface area contributed by atoms with Gasteiger partial charge >= 0.3 is 0 Å². The summed E-state index contributed by atoms with van der Waals surface area (Å²) in [7, 11) is 2.00. The van der Waals surface area contributed by atoms with Gasteiger partial charge in [0.15, 0.2) is 0 Å².